The second-order valence-corrected chi connectivity index (χ2v) is 4.91. The quantitative estimate of drug-likeness (QED) is 0.863. The third kappa shape index (κ3) is 2.18. The molecular weight excluding hydrogens is 270 g/mol. The zero-order chi connectivity index (χ0) is 15.0. The number of amides is 2. The van der Waals surface area contributed by atoms with E-state index >= 15 is 0 Å². The molecular formula is C15H15N3O3. The van der Waals surface area contributed by atoms with Crippen LogP contribution in [-0.4, -0.2) is 41.9 Å². The molecule has 1 aliphatic rings. The highest BCUT2D eigenvalue weighted by atomic mass is 16.5. The Labute approximate surface area is 121 Å². The van der Waals surface area contributed by atoms with Gasteiger partial charge in [-0.2, -0.15) is 0 Å². The molecule has 6 nitrogen and oxygen atoms in total. The number of nitrogens with one attached hydrogen (secondary N) is 1. The Balaban J connectivity index is 1.99. The molecule has 1 aromatic carbocycles. The van der Waals surface area contributed by atoms with Crippen LogP contribution in [0.25, 0.3) is 10.8 Å². The van der Waals surface area contributed by atoms with E-state index in [1.165, 1.54) is 7.05 Å². The minimum Gasteiger partial charge on any atom is -0.496 e. The van der Waals surface area contributed by atoms with Crippen LogP contribution in [0.3, 0.4) is 0 Å². The van der Waals surface area contributed by atoms with Gasteiger partial charge in [-0.1, -0.05) is 12.1 Å². The number of ether oxygens (including phenoxy) is 1. The molecule has 0 radical (unpaired) electrons. The number of rotatable bonds is 3. The molecule has 2 heterocycles. The largest absolute Gasteiger partial charge is 0.496 e. The first-order valence-electron chi connectivity index (χ1n) is 6.60. The highest BCUT2D eigenvalue weighted by Gasteiger charge is 2.36. The molecule has 1 N–H and O–H groups in total. The third-order valence-corrected chi connectivity index (χ3v) is 3.68. The Morgan fingerprint density at radius 3 is 2.76 bits per heavy atom. The van der Waals surface area contributed by atoms with E-state index in [1.807, 2.05) is 24.3 Å². The molecule has 6 heteroatoms. The first-order valence-corrected chi connectivity index (χ1v) is 6.60. The van der Waals surface area contributed by atoms with Gasteiger partial charge in [-0.25, -0.2) is 4.98 Å². The molecule has 21 heavy (non-hydrogen) atoms. The van der Waals surface area contributed by atoms with Crippen molar-refractivity contribution in [2.75, 3.05) is 19.5 Å². The summed E-state index contributed by atoms with van der Waals surface area (Å²) in [5, 5.41) is 4.83. The van der Waals surface area contributed by atoms with Crippen molar-refractivity contribution in [3.8, 4) is 5.75 Å². The fourth-order valence-electron chi connectivity index (χ4n) is 2.50. The molecule has 3 rings (SSSR count). The van der Waals surface area contributed by atoms with Gasteiger partial charge in [0, 0.05) is 24.0 Å². The Kier molecular flexibility index (Phi) is 3.21. The molecule has 2 amide bonds. The molecule has 108 valence electrons. The van der Waals surface area contributed by atoms with Crippen molar-refractivity contribution >= 4 is 28.4 Å². The number of carbonyl (C=O) groups is 2. The van der Waals surface area contributed by atoms with Crippen LogP contribution >= 0.6 is 0 Å². The lowest BCUT2D eigenvalue weighted by molar-refractivity contribution is -0.136. The average molecular weight is 285 g/mol. The van der Waals surface area contributed by atoms with Gasteiger partial charge in [-0.05, 0) is 12.1 Å². The van der Waals surface area contributed by atoms with Crippen LogP contribution in [0.5, 0.6) is 5.75 Å². The maximum absolute atomic E-state index is 12.0. The fraction of sp³-hybridized carbons (Fsp3) is 0.267. The van der Waals surface area contributed by atoms with Gasteiger partial charge in [0.1, 0.15) is 17.6 Å². The van der Waals surface area contributed by atoms with Crippen molar-refractivity contribution in [3.05, 3.63) is 30.5 Å². The number of fused-ring (bicyclic) bond motifs is 1. The minimum atomic E-state index is -0.563. The summed E-state index contributed by atoms with van der Waals surface area (Å²) in [5.41, 5.74) is 0. The SMILES string of the molecule is COc1cccc2c(NC3CC(=O)N(C)C3=O)nccc12. The minimum absolute atomic E-state index is 0.150. The highest BCUT2D eigenvalue weighted by molar-refractivity contribution is 6.07. The number of imide groups is 1. The van der Waals surface area contributed by atoms with Crippen molar-refractivity contribution in [1.82, 2.24) is 9.88 Å². The molecule has 1 unspecified atom stereocenters. The van der Waals surface area contributed by atoms with Gasteiger partial charge in [0.25, 0.3) is 5.91 Å². The van der Waals surface area contributed by atoms with Crippen molar-refractivity contribution < 1.29 is 14.3 Å². The lowest BCUT2D eigenvalue weighted by atomic mass is 10.1. The van der Waals surface area contributed by atoms with Gasteiger partial charge in [-0.15, -0.1) is 0 Å². The fourth-order valence-corrected chi connectivity index (χ4v) is 2.50. The van der Waals surface area contributed by atoms with Crippen molar-refractivity contribution in [3.63, 3.8) is 0 Å². The number of likely N-dealkylation sites (tertiary alicyclic amines) is 1. The van der Waals surface area contributed by atoms with Gasteiger partial charge in [0.05, 0.1) is 13.5 Å². The predicted octanol–water partition coefficient (Wildman–Crippen LogP) is 1.41. The molecule has 0 saturated carbocycles. The third-order valence-electron chi connectivity index (χ3n) is 3.68. The number of hydrogen-bond donors (Lipinski definition) is 1. The number of aromatic nitrogens is 1. The normalized spacial score (nSPS) is 18.4. The molecule has 0 bridgehead atoms. The van der Waals surface area contributed by atoms with Crippen molar-refractivity contribution in [2.45, 2.75) is 12.5 Å². The van der Waals surface area contributed by atoms with Gasteiger partial charge in [0.2, 0.25) is 5.91 Å². The lowest BCUT2D eigenvalue weighted by Crippen LogP contribution is -2.32. The Morgan fingerprint density at radius 2 is 2.10 bits per heavy atom. The average Bonchev–Trinajstić information content (AvgIpc) is 2.74. The van der Waals surface area contributed by atoms with Crippen LogP contribution in [0, 0.1) is 0 Å². The van der Waals surface area contributed by atoms with E-state index in [9.17, 15) is 9.59 Å². The van der Waals surface area contributed by atoms with E-state index in [4.69, 9.17) is 4.74 Å². The zero-order valence-electron chi connectivity index (χ0n) is 11.8. The molecule has 0 spiro atoms. The van der Waals surface area contributed by atoms with Crippen LogP contribution in [0.15, 0.2) is 30.5 Å². The second-order valence-electron chi connectivity index (χ2n) is 4.91. The van der Waals surface area contributed by atoms with Crippen LogP contribution < -0.4 is 10.1 Å². The smallest absolute Gasteiger partial charge is 0.251 e. The number of carbonyl (C=O) groups excluding carboxylic acids is 2. The molecule has 1 aromatic heterocycles. The summed E-state index contributed by atoms with van der Waals surface area (Å²) in [6, 6.07) is 6.92. The van der Waals surface area contributed by atoms with Gasteiger partial charge in [-0.3, -0.25) is 14.5 Å². The second kappa shape index (κ2) is 5.05. The first-order chi connectivity index (χ1) is 10.1. The van der Waals surface area contributed by atoms with Crippen molar-refractivity contribution in [1.29, 1.82) is 0 Å². The molecule has 1 fully saturated rings. The van der Waals surface area contributed by atoms with Crippen molar-refractivity contribution in [2.24, 2.45) is 0 Å². The number of anilines is 1. The lowest BCUT2D eigenvalue weighted by Gasteiger charge is -2.14. The maximum atomic E-state index is 12.0. The molecule has 2 aromatic rings. The predicted molar refractivity (Wildman–Crippen MR) is 78.1 cm³/mol. The van der Waals surface area contributed by atoms with E-state index in [0.29, 0.717) is 5.82 Å². The summed E-state index contributed by atoms with van der Waals surface area (Å²) < 4.78 is 5.32. The Morgan fingerprint density at radius 1 is 1.29 bits per heavy atom. The van der Waals surface area contributed by atoms with Crippen LogP contribution in [0.4, 0.5) is 5.82 Å². The number of nitrogens with zero attached hydrogens (tertiary/aromatic N) is 2. The molecule has 1 atom stereocenters. The summed E-state index contributed by atoms with van der Waals surface area (Å²) in [5.74, 6) is 0.897. The topological polar surface area (TPSA) is 71.5 Å². The van der Waals surface area contributed by atoms with E-state index in [1.54, 1.807) is 13.3 Å². The monoisotopic (exact) mass is 285 g/mol. The van der Waals surface area contributed by atoms with E-state index in [-0.39, 0.29) is 18.2 Å². The number of pyridine rings is 1. The number of benzene rings is 1. The van der Waals surface area contributed by atoms with Crippen LogP contribution in [0.1, 0.15) is 6.42 Å². The van der Waals surface area contributed by atoms with E-state index in [0.717, 1.165) is 21.4 Å². The molecule has 1 aliphatic heterocycles. The van der Waals surface area contributed by atoms with E-state index in [2.05, 4.69) is 10.3 Å². The Bertz CT molecular complexity index is 729. The summed E-state index contributed by atoms with van der Waals surface area (Å²) >= 11 is 0. The first kappa shape index (κ1) is 13.4. The standard InChI is InChI=1S/C15H15N3O3/c1-18-13(19)8-11(15(18)20)17-14-10-4-3-5-12(21-2)9(10)6-7-16-14/h3-7,11H,8H2,1-2H3,(H,16,17). The van der Waals surface area contributed by atoms with Crippen LogP contribution in [0.2, 0.25) is 0 Å². The van der Waals surface area contributed by atoms with Gasteiger partial charge < -0.3 is 10.1 Å². The highest BCUT2D eigenvalue weighted by Crippen LogP contribution is 2.30. The summed E-state index contributed by atoms with van der Waals surface area (Å²) in [4.78, 5) is 29.0. The zero-order valence-corrected chi connectivity index (χ0v) is 11.8. The Hall–Kier alpha value is -2.63. The summed E-state index contributed by atoms with van der Waals surface area (Å²) in [6.45, 7) is 0. The number of methoxy groups -OCH3 is 1. The summed E-state index contributed by atoms with van der Waals surface area (Å²) in [6.07, 6.45) is 1.80. The molecule has 1 saturated heterocycles. The summed E-state index contributed by atoms with van der Waals surface area (Å²) in [7, 11) is 3.10. The van der Waals surface area contributed by atoms with E-state index < -0.39 is 6.04 Å². The van der Waals surface area contributed by atoms with Gasteiger partial charge in [0.15, 0.2) is 0 Å². The maximum Gasteiger partial charge on any atom is 0.251 e. The number of likely N-dealkylation sites (N-methyl/N-ethyl adjacent to an activating group) is 1. The molecule has 0 aliphatic carbocycles. The van der Waals surface area contributed by atoms with Crippen LogP contribution in [-0.2, 0) is 9.59 Å². The number of hydrogen-bond acceptors (Lipinski definition) is 5. The van der Waals surface area contributed by atoms with Gasteiger partial charge >= 0.3 is 0 Å².